The first-order chi connectivity index (χ1) is 13.4. The Morgan fingerprint density at radius 2 is 2.03 bits per heavy atom. The van der Waals surface area contributed by atoms with E-state index in [2.05, 4.69) is 42.8 Å². The SMILES string of the molecule is Cl.Cl.c1coc(CN2CCC(n3ccnc3-c3cc4n(n3)CCCNC4)CC2)c1. The second-order valence-corrected chi connectivity index (χ2v) is 7.52. The zero-order valence-electron chi connectivity index (χ0n) is 16.4. The van der Waals surface area contributed by atoms with Crippen molar-refractivity contribution in [2.45, 2.75) is 44.9 Å². The first kappa shape index (κ1) is 21.9. The Labute approximate surface area is 183 Å². The van der Waals surface area contributed by atoms with Gasteiger partial charge in [-0.25, -0.2) is 4.98 Å². The Morgan fingerprint density at radius 3 is 2.83 bits per heavy atom. The minimum Gasteiger partial charge on any atom is -0.468 e. The number of aryl methyl sites for hydroxylation is 1. The van der Waals surface area contributed by atoms with Crippen molar-refractivity contribution in [3.63, 3.8) is 0 Å². The number of imidazole rings is 1. The van der Waals surface area contributed by atoms with Gasteiger partial charge in [-0.2, -0.15) is 5.10 Å². The van der Waals surface area contributed by atoms with E-state index >= 15 is 0 Å². The Hall–Kier alpha value is -1.80. The van der Waals surface area contributed by atoms with Crippen LogP contribution in [0.2, 0.25) is 0 Å². The maximum absolute atomic E-state index is 5.49. The summed E-state index contributed by atoms with van der Waals surface area (Å²) in [6.07, 6.45) is 9.15. The molecule has 29 heavy (non-hydrogen) atoms. The van der Waals surface area contributed by atoms with Crippen molar-refractivity contribution in [1.82, 2.24) is 29.5 Å². The number of nitrogens with one attached hydrogen (secondary N) is 1. The van der Waals surface area contributed by atoms with Crippen LogP contribution in [0.15, 0.2) is 41.3 Å². The molecule has 0 atom stereocenters. The van der Waals surface area contributed by atoms with Gasteiger partial charge in [0.1, 0.15) is 11.5 Å². The summed E-state index contributed by atoms with van der Waals surface area (Å²) in [5, 5.41) is 8.31. The topological polar surface area (TPSA) is 64.0 Å². The maximum atomic E-state index is 5.49. The highest BCUT2D eigenvalue weighted by atomic mass is 35.5. The molecule has 7 nitrogen and oxygen atoms in total. The van der Waals surface area contributed by atoms with Crippen LogP contribution in [0.3, 0.4) is 0 Å². The highest BCUT2D eigenvalue weighted by Gasteiger charge is 2.24. The van der Waals surface area contributed by atoms with Crippen molar-refractivity contribution in [2.75, 3.05) is 19.6 Å². The lowest BCUT2D eigenvalue weighted by atomic mass is 10.0. The van der Waals surface area contributed by atoms with Crippen molar-refractivity contribution >= 4 is 24.8 Å². The number of aromatic nitrogens is 4. The van der Waals surface area contributed by atoms with Crippen LogP contribution in [0.4, 0.5) is 0 Å². The average Bonchev–Trinajstić information content (AvgIpc) is 3.42. The molecule has 5 heterocycles. The third-order valence-corrected chi connectivity index (χ3v) is 5.70. The quantitative estimate of drug-likeness (QED) is 0.674. The molecule has 5 rings (SSSR count). The molecule has 158 valence electrons. The Kier molecular flexibility index (Phi) is 7.40. The Morgan fingerprint density at radius 1 is 1.17 bits per heavy atom. The fraction of sp³-hybridized carbons (Fsp3) is 0.500. The fourth-order valence-corrected chi connectivity index (χ4v) is 4.26. The lowest BCUT2D eigenvalue weighted by molar-refractivity contribution is 0.169. The summed E-state index contributed by atoms with van der Waals surface area (Å²) in [6.45, 7) is 5.98. The van der Waals surface area contributed by atoms with Crippen molar-refractivity contribution in [3.05, 3.63) is 48.3 Å². The van der Waals surface area contributed by atoms with Gasteiger partial charge in [0, 0.05) is 44.6 Å². The normalized spacial score (nSPS) is 17.8. The zero-order valence-corrected chi connectivity index (χ0v) is 18.0. The van der Waals surface area contributed by atoms with Crippen LogP contribution in [-0.2, 0) is 19.6 Å². The predicted octanol–water partition coefficient (Wildman–Crippen LogP) is 3.51. The van der Waals surface area contributed by atoms with Gasteiger partial charge in [-0.05, 0) is 44.0 Å². The molecule has 0 aliphatic carbocycles. The summed E-state index contributed by atoms with van der Waals surface area (Å²) in [5.41, 5.74) is 2.25. The van der Waals surface area contributed by atoms with E-state index in [1.807, 2.05) is 12.3 Å². The molecule has 0 bridgehead atoms. The summed E-state index contributed by atoms with van der Waals surface area (Å²) < 4.78 is 9.96. The fourth-order valence-electron chi connectivity index (χ4n) is 4.26. The molecule has 1 saturated heterocycles. The van der Waals surface area contributed by atoms with E-state index in [1.54, 1.807) is 6.26 Å². The van der Waals surface area contributed by atoms with Crippen molar-refractivity contribution in [1.29, 1.82) is 0 Å². The largest absolute Gasteiger partial charge is 0.468 e. The van der Waals surface area contributed by atoms with Crippen LogP contribution in [0, 0.1) is 0 Å². The third kappa shape index (κ3) is 4.69. The van der Waals surface area contributed by atoms with Crippen molar-refractivity contribution in [2.24, 2.45) is 0 Å². The molecule has 2 aliphatic heterocycles. The molecule has 0 amide bonds. The van der Waals surface area contributed by atoms with Gasteiger partial charge in [-0.3, -0.25) is 9.58 Å². The molecular formula is C20H28Cl2N6O. The summed E-state index contributed by atoms with van der Waals surface area (Å²) in [6, 6.07) is 6.69. The zero-order chi connectivity index (χ0) is 18.1. The van der Waals surface area contributed by atoms with Crippen molar-refractivity contribution in [3.8, 4) is 11.5 Å². The Bertz CT molecular complexity index is 859. The molecule has 2 aliphatic rings. The van der Waals surface area contributed by atoms with Gasteiger partial charge in [-0.15, -0.1) is 24.8 Å². The first-order valence-corrected chi connectivity index (χ1v) is 9.92. The summed E-state index contributed by atoms with van der Waals surface area (Å²) in [4.78, 5) is 7.12. The molecule has 0 aromatic carbocycles. The smallest absolute Gasteiger partial charge is 0.160 e. The molecule has 9 heteroatoms. The number of likely N-dealkylation sites (tertiary alicyclic amines) is 1. The summed E-state index contributed by atoms with van der Waals surface area (Å²) in [7, 11) is 0. The van der Waals surface area contributed by atoms with Crippen LogP contribution in [0.5, 0.6) is 0 Å². The Balaban J connectivity index is 0.00000120. The standard InChI is InChI=1S/C20H26N6O.2ClH/c1-3-18(27-12-1)15-24-9-4-16(5-10-24)25-11-7-22-20(25)19-13-17-14-21-6-2-8-26(17)23-19;;/h1,3,7,11-13,16,21H,2,4-6,8-10,14-15H2;2*1H. The molecular weight excluding hydrogens is 411 g/mol. The third-order valence-electron chi connectivity index (χ3n) is 5.70. The highest BCUT2D eigenvalue weighted by Crippen LogP contribution is 2.29. The number of piperidine rings is 1. The van der Waals surface area contributed by atoms with Gasteiger partial charge in [-0.1, -0.05) is 0 Å². The molecule has 1 fully saturated rings. The van der Waals surface area contributed by atoms with Gasteiger partial charge >= 0.3 is 0 Å². The van der Waals surface area contributed by atoms with E-state index in [0.717, 1.165) is 75.8 Å². The predicted molar refractivity (Wildman–Crippen MR) is 117 cm³/mol. The highest BCUT2D eigenvalue weighted by molar-refractivity contribution is 5.85. The van der Waals surface area contributed by atoms with E-state index in [4.69, 9.17) is 9.52 Å². The van der Waals surface area contributed by atoms with E-state index in [0.29, 0.717) is 6.04 Å². The monoisotopic (exact) mass is 438 g/mol. The number of halogens is 2. The number of furan rings is 1. The van der Waals surface area contributed by atoms with E-state index < -0.39 is 0 Å². The van der Waals surface area contributed by atoms with Crippen LogP contribution in [0.25, 0.3) is 11.5 Å². The maximum Gasteiger partial charge on any atom is 0.160 e. The lowest BCUT2D eigenvalue weighted by Crippen LogP contribution is -2.34. The summed E-state index contributed by atoms with van der Waals surface area (Å²) in [5.74, 6) is 2.05. The molecule has 0 saturated carbocycles. The number of hydrogen-bond acceptors (Lipinski definition) is 5. The van der Waals surface area contributed by atoms with Gasteiger partial charge in [0.15, 0.2) is 5.82 Å². The van der Waals surface area contributed by atoms with Gasteiger partial charge in [0.25, 0.3) is 0 Å². The van der Waals surface area contributed by atoms with Crippen LogP contribution >= 0.6 is 24.8 Å². The second kappa shape index (κ2) is 9.80. The lowest BCUT2D eigenvalue weighted by Gasteiger charge is -2.32. The molecule has 0 unspecified atom stereocenters. The molecule has 1 N–H and O–H groups in total. The van der Waals surface area contributed by atoms with Gasteiger partial charge in [0.2, 0.25) is 0 Å². The number of fused-ring (bicyclic) bond motifs is 1. The minimum atomic E-state index is 0. The first-order valence-electron chi connectivity index (χ1n) is 9.92. The van der Waals surface area contributed by atoms with E-state index in [1.165, 1.54) is 5.69 Å². The minimum absolute atomic E-state index is 0. The van der Waals surface area contributed by atoms with Gasteiger partial charge in [0.05, 0.1) is 18.5 Å². The van der Waals surface area contributed by atoms with Crippen molar-refractivity contribution < 1.29 is 4.42 Å². The number of hydrogen-bond donors (Lipinski definition) is 1. The van der Waals surface area contributed by atoms with E-state index in [9.17, 15) is 0 Å². The van der Waals surface area contributed by atoms with Crippen LogP contribution in [0.1, 0.15) is 36.8 Å². The molecule has 3 aromatic rings. The summed E-state index contributed by atoms with van der Waals surface area (Å²) >= 11 is 0. The van der Waals surface area contributed by atoms with Gasteiger partial charge < -0.3 is 14.3 Å². The second-order valence-electron chi connectivity index (χ2n) is 7.52. The molecule has 0 spiro atoms. The number of rotatable bonds is 4. The molecule has 3 aromatic heterocycles. The number of nitrogens with zero attached hydrogens (tertiary/aromatic N) is 5. The average molecular weight is 439 g/mol. The van der Waals surface area contributed by atoms with Crippen LogP contribution < -0.4 is 5.32 Å². The molecule has 0 radical (unpaired) electrons. The van der Waals surface area contributed by atoms with Crippen LogP contribution in [-0.4, -0.2) is 43.9 Å². The van der Waals surface area contributed by atoms with E-state index in [-0.39, 0.29) is 24.8 Å².